The highest BCUT2D eigenvalue weighted by molar-refractivity contribution is 5.05. The minimum Gasteiger partial charge on any atom is -0.385 e. The van der Waals surface area contributed by atoms with Crippen LogP contribution in [0.3, 0.4) is 0 Å². The first-order valence-electron chi connectivity index (χ1n) is 8.86. The highest BCUT2D eigenvalue weighted by Gasteiger charge is 2.33. The van der Waals surface area contributed by atoms with Gasteiger partial charge in [0.05, 0.1) is 6.04 Å². The molecule has 4 rings (SSSR count). The number of aryl methyl sites for hydroxylation is 1. The number of nitrogens with zero attached hydrogens (tertiary/aromatic N) is 5. The van der Waals surface area contributed by atoms with E-state index in [-0.39, 0.29) is 12.0 Å². The van der Waals surface area contributed by atoms with Crippen molar-refractivity contribution in [3.05, 3.63) is 29.9 Å². The third-order valence-corrected chi connectivity index (χ3v) is 5.45. The molecule has 7 heteroatoms. The fourth-order valence-electron chi connectivity index (χ4n) is 3.58. The second-order valence-electron chi connectivity index (χ2n) is 7.16. The summed E-state index contributed by atoms with van der Waals surface area (Å²) in [5.41, 5.74) is 0. The van der Waals surface area contributed by atoms with Crippen molar-refractivity contribution in [1.29, 1.82) is 0 Å². The second kappa shape index (κ2) is 6.29. The zero-order chi connectivity index (χ0) is 16.7. The normalized spacial score (nSPS) is 22.6. The van der Waals surface area contributed by atoms with E-state index in [1.54, 1.807) is 6.20 Å². The smallest absolute Gasteiger partial charge is 0.243 e. The van der Waals surface area contributed by atoms with Gasteiger partial charge >= 0.3 is 0 Å². The van der Waals surface area contributed by atoms with E-state index >= 15 is 0 Å². The molecule has 0 spiro atoms. The summed E-state index contributed by atoms with van der Waals surface area (Å²) in [6.07, 6.45) is 7.38. The number of hydrogen-bond donors (Lipinski definition) is 1. The highest BCUT2D eigenvalue weighted by Crippen LogP contribution is 2.39. The summed E-state index contributed by atoms with van der Waals surface area (Å²) in [6.45, 7) is 3.97. The maximum Gasteiger partial charge on any atom is 0.243 e. The highest BCUT2D eigenvalue weighted by atomic mass is 16.5. The lowest BCUT2D eigenvalue weighted by Crippen LogP contribution is -2.37. The van der Waals surface area contributed by atoms with Crippen LogP contribution in [0, 0.1) is 5.92 Å². The summed E-state index contributed by atoms with van der Waals surface area (Å²) < 4.78 is 7.36. The van der Waals surface area contributed by atoms with Crippen LogP contribution in [0.15, 0.2) is 16.9 Å². The van der Waals surface area contributed by atoms with Gasteiger partial charge in [-0.2, -0.15) is 4.98 Å². The lowest BCUT2D eigenvalue weighted by Gasteiger charge is -2.36. The molecule has 2 atom stereocenters. The topological polar surface area (TPSA) is 80.2 Å². The Kier molecular flexibility index (Phi) is 4.14. The molecule has 1 aliphatic heterocycles. The van der Waals surface area contributed by atoms with Crippen LogP contribution in [0.2, 0.25) is 0 Å². The first-order valence-corrected chi connectivity index (χ1v) is 8.86. The molecular weight excluding hydrogens is 306 g/mol. The molecule has 1 saturated carbocycles. The van der Waals surface area contributed by atoms with Gasteiger partial charge in [0.15, 0.2) is 5.82 Å². The molecule has 1 aliphatic carbocycles. The summed E-state index contributed by atoms with van der Waals surface area (Å²) in [5.74, 6) is 3.12. The SMILES string of the molecule is CC(c1nc(C2CC2)no1)N1CCC(C(O)c2nccn2C)CC1. The van der Waals surface area contributed by atoms with Crippen LogP contribution >= 0.6 is 0 Å². The van der Waals surface area contributed by atoms with Gasteiger partial charge in [0.2, 0.25) is 5.89 Å². The van der Waals surface area contributed by atoms with E-state index in [0.717, 1.165) is 43.5 Å². The Bertz CT molecular complexity index is 685. The predicted octanol–water partition coefficient (Wildman–Crippen LogP) is 2.19. The summed E-state index contributed by atoms with van der Waals surface area (Å²) >= 11 is 0. The number of likely N-dealkylation sites (tertiary alicyclic amines) is 1. The molecule has 130 valence electrons. The van der Waals surface area contributed by atoms with E-state index in [1.807, 2.05) is 17.8 Å². The molecule has 7 nitrogen and oxygen atoms in total. The van der Waals surface area contributed by atoms with E-state index in [9.17, 15) is 5.11 Å². The van der Waals surface area contributed by atoms with Crippen molar-refractivity contribution in [2.45, 2.75) is 50.7 Å². The standard InChI is InChI=1S/C17H25N5O2/c1-11(17-19-15(20-24-17)13-3-4-13)22-8-5-12(6-9-22)14(23)16-18-7-10-21(16)2/h7,10-14,23H,3-6,8-9H2,1-2H3. The molecule has 2 fully saturated rings. The predicted molar refractivity (Wildman–Crippen MR) is 87.2 cm³/mol. The Morgan fingerprint density at radius 3 is 2.62 bits per heavy atom. The van der Waals surface area contributed by atoms with Gasteiger partial charge in [-0.25, -0.2) is 4.98 Å². The van der Waals surface area contributed by atoms with Crippen molar-refractivity contribution in [2.24, 2.45) is 13.0 Å². The van der Waals surface area contributed by atoms with Crippen molar-refractivity contribution >= 4 is 0 Å². The lowest BCUT2D eigenvalue weighted by atomic mass is 9.90. The largest absolute Gasteiger partial charge is 0.385 e. The molecule has 0 aromatic carbocycles. The number of hydrogen-bond acceptors (Lipinski definition) is 6. The van der Waals surface area contributed by atoms with Crippen molar-refractivity contribution < 1.29 is 9.63 Å². The lowest BCUT2D eigenvalue weighted by molar-refractivity contribution is 0.0359. The van der Waals surface area contributed by atoms with Gasteiger partial charge in [0.25, 0.3) is 0 Å². The molecule has 2 aliphatic rings. The molecular formula is C17H25N5O2. The van der Waals surface area contributed by atoms with Crippen molar-refractivity contribution in [1.82, 2.24) is 24.6 Å². The Morgan fingerprint density at radius 1 is 1.25 bits per heavy atom. The van der Waals surface area contributed by atoms with Gasteiger partial charge in [-0.1, -0.05) is 5.16 Å². The summed E-state index contributed by atoms with van der Waals surface area (Å²) in [6, 6.07) is 0.135. The minimum absolute atomic E-state index is 0.135. The molecule has 0 bridgehead atoms. The first kappa shape index (κ1) is 15.8. The molecule has 2 aromatic rings. The van der Waals surface area contributed by atoms with Gasteiger partial charge in [0, 0.05) is 25.4 Å². The molecule has 0 amide bonds. The number of aromatic nitrogens is 4. The van der Waals surface area contributed by atoms with Crippen LogP contribution in [0.1, 0.15) is 68.2 Å². The van der Waals surface area contributed by atoms with Crippen molar-refractivity contribution in [3.8, 4) is 0 Å². The van der Waals surface area contributed by atoms with Crippen molar-refractivity contribution in [3.63, 3.8) is 0 Å². The molecule has 24 heavy (non-hydrogen) atoms. The average Bonchev–Trinajstić information content (AvgIpc) is 3.18. The molecule has 2 unspecified atom stereocenters. The number of aliphatic hydroxyl groups excluding tert-OH is 1. The minimum atomic E-state index is -0.493. The van der Waals surface area contributed by atoms with Gasteiger partial charge in [-0.3, -0.25) is 4.90 Å². The molecule has 2 aromatic heterocycles. The van der Waals surface area contributed by atoms with E-state index in [1.165, 1.54) is 12.8 Å². The zero-order valence-corrected chi connectivity index (χ0v) is 14.3. The summed E-state index contributed by atoms with van der Waals surface area (Å²) in [7, 11) is 1.93. The third kappa shape index (κ3) is 2.98. The monoisotopic (exact) mass is 331 g/mol. The Labute approximate surface area is 141 Å². The summed E-state index contributed by atoms with van der Waals surface area (Å²) in [5, 5.41) is 14.7. The third-order valence-electron chi connectivity index (χ3n) is 5.45. The molecule has 0 radical (unpaired) electrons. The van der Waals surface area contributed by atoms with E-state index in [0.29, 0.717) is 5.92 Å². The Morgan fingerprint density at radius 2 is 2.00 bits per heavy atom. The van der Waals surface area contributed by atoms with Crippen LogP contribution in [0.25, 0.3) is 0 Å². The molecule has 1 saturated heterocycles. The Hall–Kier alpha value is -1.73. The average molecular weight is 331 g/mol. The zero-order valence-electron chi connectivity index (χ0n) is 14.3. The van der Waals surface area contributed by atoms with Gasteiger partial charge in [-0.05, 0) is 51.6 Å². The fraction of sp³-hybridized carbons (Fsp3) is 0.706. The Balaban J connectivity index is 1.35. The van der Waals surface area contributed by atoms with Gasteiger partial charge < -0.3 is 14.2 Å². The number of rotatable bonds is 5. The van der Waals surface area contributed by atoms with Crippen LogP contribution in [0.5, 0.6) is 0 Å². The van der Waals surface area contributed by atoms with Crippen molar-refractivity contribution in [2.75, 3.05) is 13.1 Å². The quantitative estimate of drug-likeness (QED) is 0.904. The number of piperidine rings is 1. The van der Waals surface area contributed by atoms with E-state index in [2.05, 4.69) is 26.9 Å². The first-order chi connectivity index (χ1) is 11.6. The van der Waals surface area contributed by atoms with Gasteiger partial charge in [-0.15, -0.1) is 0 Å². The van der Waals surface area contributed by atoms with Crippen LogP contribution < -0.4 is 0 Å². The van der Waals surface area contributed by atoms with E-state index < -0.39 is 6.10 Å². The molecule has 3 heterocycles. The fourth-order valence-corrected chi connectivity index (χ4v) is 3.58. The molecule has 1 N–H and O–H groups in total. The second-order valence-corrected chi connectivity index (χ2v) is 7.16. The van der Waals surface area contributed by atoms with Gasteiger partial charge in [0.1, 0.15) is 11.9 Å². The number of imidazole rings is 1. The maximum absolute atomic E-state index is 10.6. The van der Waals surface area contributed by atoms with Crippen LogP contribution in [-0.2, 0) is 7.05 Å². The number of aliphatic hydroxyl groups is 1. The summed E-state index contributed by atoms with van der Waals surface area (Å²) in [4.78, 5) is 11.2. The maximum atomic E-state index is 10.6. The van der Waals surface area contributed by atoms with Crippen LogP contribution in [-0.4, -0.2) is 42.8 Å². The van der Waals surface area contributed by atoms with Crippen LogP contribution in [0.4, 0.5) is 0 Å². The van der Waals surface area contributed by atoms with E-state index in [4.69, 9.17) is 4.52 Å².